The van der Waals surface area contributed by atoms with Crippen LogP contribution in [0.25, 0.3) is 0 Å². The zero-order valence-electron chi connectivity index (χ0n) is 8.77. The van der Waals surface area contributed by atoms with Crippen molar-refractivity contribution in [2.75, 3.05) is 20.1 Å². The van der Waals surface area contributed by atoms with Crippen LogP contribution >= 0.6 is 0 Å². The van der Waals surface area contributed by atoms with Crippen molar-refractivity contribution >= 4 is 0 Å². The molecule has 0 fully saturated rings. The molecule has 5 heteroatoms. The summed E-state index contributed by atoms with van der Waals surface area (Å²) < 4.78 is 35.8. The summed E-state index contributed by atoms with van der Waals surface area (Å²) >= 11 is 0. The SMILES string of the molecule is CCC(CCN)N(C)CCC(F)(F)F. The predicted molar refractivity (Wildman–Crippen MR) is 51.1 cm³/mol. The smallest absolute Gasteiger partial charge is 0.330 e. The Morgan fingerprint density at radius 1 is 1.36 bits per heavy atom. The minimum atomic E-state index is -4.06. The molecule has 14 heavy (non-hydrogen) atoms. The van der Waals surface area contributed by atoms with E-state index < -0.39 is 12.6 Å². The van der Waals surface area contributed by atoms with E-state index >= 15 is 0 Å². The average Bonchev–Trinajstić information content (AvgIpc) is 2.09. The summed E-state index contributed by atoms with van der Waals surface area (Å²) in [6.45, 7) is 2.54. The van der Waals surface area contributed by atoms with Crippen molar-refractivity contribution < 1.29 is 13.2 Å². The highest BCUT2D eigenvalue weighted by Crippen LogP contribution is 2.20. The van der Waals surface area contributed by atoms with Crippen LogP contribution in [0.5, 0.6) is 0 Å². The highest BCUT2D eigenvalue weighted by molar-refractivity contribution is 4.68. The minimum Gasteiger partial charge on any atom is -0.330 e. The first kappa shape index (κ1) is 13.7. The van der Waals surface area contributed by atoms with Crippen LogP contribution in [-0.2, 0) is 0 Å². The molecule has 0 amide bonds. The molecule has 0 saturated heterocycles. The summed E-state index contributed by atoms with van der Waals surface area (Å²) in [5.41, 5.74) is 5.38. The second-order valence-electron chi connectivity index (χ2n) is 3.49. The van der Waals surface area contributed by atoms with Gasteiger partial charge in [0.15, 0.2) is 0 Å². The van der Waals surface area contributed by atoms with Crippen LogP contribution in [0.4, 0.5) is 13.2 Å². The van der Waals surface area contributed by atoms with E-state index in [-0.39, 0.29) is 12.6 Å². The maximum atomic E-state index is 11.9. The minimum absolute atomic E-state index is 0.0575. The molecule has 0 aromatic heterocycles. The largest absolute Gasteiger partial charge is 0.390 e. The number of halogens is 3. The van der Waals surface area contributed by atoms with Crippen molar-refractivity contribution in [1.29, 1.82) is 0 Å². The molecule has 0 heterocycles. The van der Waals surface area contributed by atoms with Crippen LogP contribution in [0.1, 0.15) is 26.2 Å². The van der Waals surface area contributed by atoms with Crippen LogP contribution in [0.2, 0.25) is 0 Å². The first-order valence-electron chi connectivity index (χ1n) is 4.87. The Bertz CT molecular complexity index is 147. The van der Waals surface area contributed by atoms with Gasteiger partial charge in [0, 0.05) is 12.6 Å². The molecule has 2 N–H and O–H groups in total. The topological polar surface area (TPSA) is 29.3 Å². The molecule has 0 aliphatic carbocycles. The number of nitrogens with two attached hydrogens (primary N) is 1. The van der Waals surface area contributed by atoms with E-state index in [4.69, 9.17) is 5.73 Å². The number of nitrogens with zero attached hydrogens (tertiary/aromatic N) is 1. The fraction of sp³-hybridized carbons (Fsp3) is 1.00. The lowest BCUT2D eigenvalue weighted by Crippen LogP contribution is -2.35. The molecule has 0 spiro atoms. The van der Waals surface area contributed by atoms with Gasteiger partial charge in [0.2, 0.25) is 0 Å². The molecule has 0 aromatic rings. The number of alkyl halides is 3. The van der Waals surface area contributed by atoms with Gasteiger partial charge in [0.05, 0.1) is 6.42 Å². The molecular formula is C9H19F3N2. The second-order valence-corrected chi connectivity index (χ2v) is 3.49. The van der Waals surface area contributed by atoms with Gasteiger partial charge in [0.1, 0.15) is 0 Å². The van der Waals surface area contributed by atoms with E-state index in [1.807, 2.05) is 6.92 Å². The number of rotatable bonds is 6. The van der Waals surface area contributed by atoms with Gasteiger partial charge in [-0.25, -0.2) is 0 Å². The van der Waals surface area contributed by atoms with Gasteiger partial charge in [-0.05, 0) is 26.4 Å². The fourth-order valence-electron chi connectivity index (χ4n) is 1.41. The lowest BCUT2D eigenvalue weighted by atomic mass is 10.1. The Morgan fingerprint density at radius 2 is 1.93 bits per heavy atom. The van der Waals surface area contributed by atoms with E-state index in [9.17, 15) is 13.2 Å². The maximum absolute atomic E-state index is 11.9. The third-order valence-corrected chi connectivity index (χ3v) is 2.34. The standard InChI is InChI=1S/C9H19F3N2/c1-3-8(4-6-13)14(2)7-5-9(10,11)12/h8H,3-7,13H2,1-2H3. The predicted octanol–water partition coefficient (Wildman–Crippen LogP) is 2.00. The molecule has 0 aromatic carbocycles. The normalized spacial score (nSPS) is 14.8. The lowest BCUT2D eigenvalue weighted by molar-refractivity contribution is -0.138. The lowest BCUT2D eigenvalue weighted by Gasteiger charge is -2.27. The van der Waals surface area contributed by atoms with Crippen molar-refractivity contribution in [1.82, 2.24) is 4.90 Å². The molecule has 0 radical (unpaired) electrons. The van der Waals surface area contributed by atoms with Crippen molar-refractivity contribution in [2.24, 2.45) is 5.73 Å². The second kappa shape index (κ2) is 6.24. The highest BCUT2D eigenvalue weighted by Gasteiger charge is 2.28. The summed E-state index contributed by atoms with van der Waals surface area (Å²) in [5, 5.41) is 0. The van der Waals surface area contributed by atoms with E-state index in [1.165, 1.54) is 0 Å². The molecule has 0 saturated carbocycles. The fourth-order valence-corrected chi connectivity index (χ4v) is 1.41. The Hall–Kier alpha value is -0.290. The van der Waals surface area contributed by atoms with Gasteiger partial charge >= 0.3 is 6.18 Å². The van der Waals surface area contributed by atoms with E-state index in [1.54, 1.807) is 11.9 Å². The third kappa shape index (κ3) is 6.21. The van der Waals surface area contributed by atoms with Crippen molar-refractivity contribution in [3.63, 3.8) is 0 Å². The van der Waals surface area contributed by atoms with Crippen LogP contribution in [0.15, 0.2) is 0 Å². The Labute approximate surface area is 83.3 Å². The molecule has 2 nitrogen and oxygen atoms in total. The molecule has 1 atom stereocenters. The Kier molecular flexibility index (Phi) is 6.11. The molecular weight excluding hydrogens is 193 g/mol. The summed E-state index contributed by atoms with van der Waals surface area (Å²) in [6.07, 6.45) is -3.21. The molecule has 0 aliphatic heterocycles. The molecule has 1 unspecified atom stereocenters. The van der Waals surface area contributed by atoms with Crippen molar-refractivity contribution in [3.8, 4) is 0 Å². The average molecular weight is 212 g/mol. The van der Waals surface area contributed by atoms with Crippen LogP contribution < -0.4 is 5.73 Å². The van der Waals surface area contributed by atoms with Gasteiger partial charge in [-0.3, -0.25) is 0 Å². The molecule has 0 bridgehead atoms. The van der Waals surface area contributed by atoms with Gasteiger partial charge < -0.3 is 10.6 Å². The van der Waals surface area contributed by atoms with Crippen LogP contribution in [0.3, 0.4) is 0 Å². The first-order valence-corrected chi connectivity index (χ1v) is 4.87. The van der Waals surface area contributed by atoms with E-state index in [2.05, 4.69) is 0 Å². The van der Waals surface area contributed by atoms with Gasteiger partial charge in [-0.2, -0.15) is 13.2 Å². The third-order valence-electron chi connectivity index (χ3n) is 2.34. The van der Waals surface area contributed by atoms with E-state index in [0.717, 1.165) is 12.8 Å². The maximum Gasteiger partial charge on any atom is 0.390 e. The van der Waals surface area contributed by atoms with Crippen LogP contribution in [-0.4, -0.2) is 37.3 Å². The Balaban J connectivity index is 3.85. The van der Waals surface area contributed by atoms with Gasteiger partial charge in [0.25, 0.3) is 0 Å². The zero-order chi connectivity index (χ0) is 11.2. The van der Waals surface area contributed by atoms with Crippen molar-refractivity contribution in [3.05, 3.63) is 0 Å². The summed E-state index contributed by atoms with van der Waals surface area (Å²) in [6, 6.07) is 0.169. The molecule has 0 aliphatic rings. The highest BCUT2D eigenvalue weighted by atomic mass is 19.4. The zero-order valence-corrected chi connectivity index (χ0v) is 8.77. The summed E-state index contributed by atoms with van der Waals surface area (Å²) in [7, 11) is 1.72. The molecule has 0 rings (SSSR count). The van der Waals surface area contributed by atoms with E-state index in [0.29, 0.717) is 6.54 Å². The number of hydrogen-bond donors (Lipinski definition) is 1. The molecule has 86 valence electrons. The van der Waals surface area contributed by atoms with Gasteiger partial charge in [-0.1, -0.05) is 6.92 Å². The van der Waals surface area contributed by atoms with Crippen molar-refractivity contribution in [2.45, 2.75) is 38.4 Å². The monoisotopic (exact) mass is 212 g/mol. The summed E-state index contributed by atoms with van der Waals surface area (Å²) in [4.78, 5) is 1.74. The quantitative estimate of drug-likeness (QED) is 0.729. The van der Waals surface area contributed by atoms with Gasteiger partial charge in [-0.15, -0.1) is 0 Å². The number of hydrogen-bond acceptors (Lipinski definition) is 2. The summed E-state index contributed by atoms with van der Waals surface area (Å²) in [5.74, 6) is 0. The Morgan fingerprint density at radius 3 is 2.29 bits per heavy atom. The first-order chi connectivity index (χ1) is 6.40. The van der Waals surface area contributed by atoms with Crippen LogP contribution in [0, 0.1) is 0 Å².